The predicted octanol–water partition coefficient (Wildman–Crippen LogP) is 1.61. The molecule has 1 unspecified atom stereocenters. The summed E-state index contributed by atoms with van der Waals surface area (Å²) in [4.78, 5) is 0. The van der Waals surface area contributed by atoms with Crippen molar-refractivity contribution in [2.24, 2.45) is 0 Å². The SMILES string of the molecule is CC(O)c1cccc2c1COCO2. The zero-order valence-corrected chi connectivity index (χ0v) is 7.49. The summed E-state index contributed by atoms with van der Waals surface area (Å²) in [5.74, 6) is 0.824. The smallest absolute Gasteiger partial charge is 0.189 e. The maximum Gasteiger partial charge on any atom is 0.189 e. The highest BCUT2D eigenvalue weighted by Gasteiger charge is 2.16. The van der Waals surface area contributed by atoms with Gasteiger partial charge in [-0.3, -0.25) is 0 Å². The third-order valence-electron chi connectivity index (χ3n) is 2.16. The molecule has 1 N–H and O–H groups in total. The first kappa shape index (κ1) is 8.53. The van der Waals surface area contributed by atoms with Crippen molar-refractivity contribution in [3.8, 4) is 5.75 Å². The van der Waals surface area contributed by atoms with E-state index in [0.29, 0.717) is 13.4 Å². The van der Waals surface area contributed by atoms with Crippen LogP contribution in [0.1, 0.15) is 24.2 Å². The van der Waals surface area contributed by atoms with Crippen LogP contribution in [0.2, 0.25) is 0 Å². The quantitative estimate of drug-likeness (QED) is 0.713. The van der Waals surface area contributed by atoms with Crippen LogP contribution in [-0.2, 0) is 11.3 Å². The summed E-state index contributed by atoms with van der Waals surface area (Å²) in [6, 6.07) is 5.66. The Bertz CT molecular complexity index is 307. The largest absolute Gasteiger partial charge is 0.467 e. The Kier molecular flexibility index (Phi) is 2.20. The lowest BCUT2D eigenvalue weighted by Crippen LogP contribution is -2.13. The van der Waals surface area contributed by atoms with Crippen LogP contribution in [0.25, 0.3) is 0 Å². The molecule has 1 atom stereocenters. The van der Waals surface area contributed by atoms with Crippen LogP contribution in [0.3, 0.4) is 0 Å². The van der Waals surface area contributed by atoms with Gasteiger partial charge in [-0.15, -0.1) is 0 Å². The third-order valence-corrected chi connectivity index (χ3v) is 2.16. The summed E-state index contributed by atoms with van der Waals surface area (Å²) in [5.41, 5.74) is 1.85. The fraction of sp³-hybridized carbons (Fsp3) is 0.400. The Labute approximate surface area is 76.9 Å². The topological polar surface area (TPSA) is 38.7 Å². The summed E-state index contributed by atoms with van der Waals surface area (Å²) in [6.45, 7) is 2.57. The van der Waals surface area contributed by atoms with Crippen LogP contribution in [0.5, 0.6) is 5.75 Å². The number of rotatable bonds is 1. The van der Waals surface area contributed by atoms with E-state index in [-0.39, 0.29) is 0 Å². The molecule has 0 saturated heterocycles. The van der Waals surface area contributed by atoms with E-state index >= 15 is 0 Å². The van der Waals surface area contributed by atoms with Crippen LogP contribution in [0.15, 0.2) is 18.2 Å². The predicted molar refractivity (Wildman–Crippen MR) is 47.4 cm³/mol. The highest BCUT2D eigenvalue weighted by molar-refractivity contribution is 5.41. The molecule has 0 spiro atoms. The molecule has 3 heteroatoms. The van der Waals surface area contributed by atoms with E-state index in [1.165, 1.54) is 0 Å². The summed E-state index contributed by atoms with van der Waals surface area (Å²) in [6.07, 6.45) is -0.472. The van der Waals surface area contributed by atoms with Crippen molar-refractivity contribution in [1.82, 2.24) is 0 Å². The van der Waals surface area contributed by atoms with Gasteiger partial charge in [-0.2, -0.15) is 0 Å². The number of hydrogen-bond acceptors (Lipinski definition) is 3. The van der Waals surface area contributed by atoms with Crippen molar-refractivity contribution in [1.29, 1.82) is 0 Å². The summed E-state index contributed by atoms with van der Waals surface area (Å²) in [5, 5.41) is 9.47. The van der Waals surface area contributed by atoms with Crippen LogP contribution in [-0.4, -0.2) is 11.9 Å². The summed E-state index contributed by atoms with van der Waals surface area (Å²) >= 11 is 0. The van der Waals surface area contributed by atoms with Gasteiger partial charge in [-0.25, -0.2) is 0 Å². The molecule has 0 aliphatic carbocycles. The highest BCUT2D eigenvalue weighted by Crippen LogP contribution is 2.29. The Hall–Kier alpha value is -1.06. The van der Waals surface area contributed by atoms with E-state index in [9.17, 15) is 5.11 Å². The number of ether oxygens (including phenoxy) is 2. The van der Waals surface area contributed by atoms with E-state index in [1.807, 2.05) is 18.2 Å². The second-order valence-corrected chi connectivity index (χ2v) is 3.11. The van der Waals surface area contributed by atoms with Gasteiger partial charge in [-0.1, -0.05) is 12.1 Å². The number of aliphatic hydroxyl groups is 1. The Morgan fingerprint density at radius 1 is 1.46 bits per heavy atom. The minimum absolute atomic E-state index is 0.302. The maximum absolute atomic E-state index is 9.47. The number of hydrogen-bond donors (Lipinski definition) is 1. The van der Waals surface area contributed by atoms with Gasteiger partial charge in [0.05, 0.1) is 12.7 Å². The zero-order chi connectivity index (χ0) is 9.26. The van der Waals surface area contributed by atoms with Gasteiger partial charge in [-0.05, 0) is 18.6 Å². The van der Waals surface area contributed by atoms with E-state index in [1.54, 1.807) is 6.92 Å². The summed E-state index contributed by atoms with van der Waals surface area (Å²) in [7, 11) is 0. The van der Waals surface area contributed by atoms with Gasteiger partial charge < -0.3 is 14.6 Å². The van der Waals surface area contributed by atoms with Crippen LogP contribution < -0.4 is 4.74 Å². The fourth-order valence-corrected chi connectivity index (χ4v) is 1.51. The van der Waals surface area contributed by atoms with E-state index in [0.717, 1.165) is 16.9 Å². The van der Waals surface area contributed by atoms with Gasteiger partial charge in [0.2, 0.25) is 0 Å². The minimum atomic E-state index is -0.472. The first-order chi connectivity index (χ1) is 6.29. The van der Waals surface area contributed by atoms with Gasteiger partial charge in [0.1, 0.15) is 5.75 Å². The molecule has 1 aromatic rings. The van der Waals surface area contributed by atoms with Crippen LogP contribution in [0.4, 0.5) is 0 Å². The molecule has 0 saturated carbocycles. The van der Waals surface area contributed by atoms with Crippen molar-refractivity contribution < 1.29 is 14.6 Å². The van der Waals surface area contributed by atoms with Gasteiger partial charge in [0, 0.05) is 5.56 Å². The Morgan fingerprint density at radius 3 is 3.08 bits per heavy atom. The van der Waals surface area contributed by atoms with Crippen molar-refractivity contribution in [2.45, 2.75) is 19.6 Å². The maximum atomic E-state index is 9.47. The first-order valence-electron chi connectivity index (χ1n) is 4.29. The average Bonchev–Trinajstić information content (AvgIpc) is 2.17. The van der Waals surface area contributed by atoms with Crippen molar-refractivity contribution in [3.63, 3.8) is 0 Å². The molecule has 0 radical (unpaired) electrons. The molecule has 0 fully saturated rings. The second kappa shape index (κ2) is 3.36. The van der Waals surface area contributed by atoms with Crippen LogP contribution >= 0.6 is 0 Å². The third kappa shape index (κ3) is 1.53. The molecule has 1 heterocycles. The lowest BCUT2D eigenvalue weighted by atomic mass is 10.0. The molecule has 0 amide bonds. The average molecular weight is 180 g/mol. The molecular formula is C10H12O3. The van der Waals surface area contributed by atoms with Gasteiger partial charge in [0.25, 0.3) is 0 Å². The van der Waals surface area contributed by atoms with Gasteiger partial charge in [0.15, 0.2) is 6.79 Å². The lowest BCUT2D eigenvalue weighted by molar-refractivity contribution is -0.0178. The molecule has 3 nitrogen and oxygen atoms in total. The van der Waals surface area contributed by atoms with Gasteiger partial charge >= 0.3 is 0 Å². The molecule has 0 bridgehead atoms. The molecule has 13 heavy (non-hydrogen) atoms. The highest BCUT2D eigenvalue weighted by atomic mass is 16.7. The number of fused-ring (bicyclic) bond motifs is 1. The Morgan fingerprint density at radius 2 is 2.31 bits per heavy atom. The molecule has 0 aromatic heterocycles. The standard InChI is InChI=1S/C10H12O3/c1-7(11)8-3-2-4-10-9(8)5-12-6-13-10/h2-4,7,11H,5-6H2,1H3. The Balaban J connectivity index is 2.46. The van der Waals surface area contributed by atoms with E-state index in [4.69, 9.17) is 9.47 Å². The summed E-state index contributed by atoms with van der Waals surface area (Å²) < 4.78 is 10.4. The van der Waals surface area contributed by atoms with E-state index in [2.05, 4.69) is 0 Å². The van der Waals surface area contributed by atoms with Crippen molar-refractivity contribution in [2.75, 3.05) is 6.79 Å². The normalized spacial score (nSPS) is 17.4. The monoisotopic (exact) mass is 180 g/mol. The van der Waals surface area contributed by atoms with Crippen LogP contribution in [0, 0.1) is 0 Å². The van der Waals surface area contributed by atoms with Crippen molar-refractivity contribution in [3.05, 3.63) is 29.3 Å². The van der Waals surface area contributed by atoms with E-state index < -0.39 is 6.10 Å². The zero-order valence-electron chi connectivity index (χ0n) is 7.49. The fourth-order valence-electron chi connectivity index (χ4n) is 1.51. The number of aliphatic hydroxyl groups excluding tert-OH is 1. The van der Waals surface area contributed by atoms with Crippen molar-refractivity contribution >= 4 is 0 Å². The minimum Gasteiger partial charge on any atom is -0.467 e. The lowest BCUT2D eigenvalue weighted by Gasteiger charge is -2.21. The first-order valence-corrected chi connectivity index (χ1v) is 4.29. The molecule has 1 aliphatic heterocycles. The number of benzene rings is 1. The molecule has 70 valence electrons. The molecular weight excluding hydrogens is 168 g/mol. The second-order valence-electron chi connectivity index (χ2n) is 3.11. The molecule has 1 aromatic carbocycles. The molecule has 1 aliphatic rings. The molecule has 2 rings (SSSR count).